The van der Waals surface area contributed by atoms with E-state index in [1.807, 2.05) is 31.2 Å². The Balaban J connectivity index is 0.00000280. The average Bonchev–Trinajstić information content (AvgIpc) is 3.12. The minimum absolute atomic E-state index is 0. The molecule has 1 saturated heterocycles. The zero-order chi connectivity index (χ0) is 19.4. The van der Waals surface area contributed by atoms with Crippen LogP contribution in [0.4, 0.5) is 13.2 Å². The molecule has 1 aromatic carbocycles. The molecule has 0 radical (unpaired) electrons. The summed E-state index contributed by atoms with van der Waals surface area (Å²) in [4.78, 5) is 18.0. The number of benzene rings is 1. The van der Waals surface area contributed by atoms with Gasteiger partial charge in [-0.3, -0.25) is 9.69 Å². The first-order valence-corrected chi connectivity index (χ1v) is 9.55. The predicted octanol–water partition coefficient (Wildman–Crippen LogP) is 3.11. The maximum Gasteiger partial charge on any atom is 0.405 e. The number of aromatic nitrogens is 1. The summed E-state index contributed by atoms with van der Waals surface area (Å²) < 4.78 is 40.2. The molecule has 10 heteroatoms. The number of rotatable bonds is 5. The fraction of sp³-hybridized carbons (Fsp3) is 0.444. The van der Waals surface area contributed by atoms with Crippen LogP contribution >= 0.6 is 23.7 Å². The molecule has 1 fully saturated rings. The Morgan fingerprint density at radius 3 is 2.64 bits per heavy atom. The third-order valence-electron chi connectivity index (χ3n) is 4.54. The Kier molecular flexibility index (Phi) is 7.82. The number of piperazine rings is 1. The first-order chi connectivity index (χ1) is 12.9. The number of hydrogen-bond donors (Lipinski definition) is 2. The van der Waals surface area contributed by atoms with E-state index in [4.69, 9.17) is 0 Å². The van der Waals surface area contributed by atoms with Crippen molar-refractivity contribution in [2.75, 3.05) is 32.7 Å². The van der Waals surface area contributed by atoms with Crippen LogP contribution in [0.3, 0.4) is 0 Å². The molecular weight excluding hydrogens is 413 g/mol. The number of hydrogen-bond acceptors (Lipinski definition) is 5. The van der Waals surface area contributed by atoms with Crippen molar-refractivity contribution in [1.29, 1.82) is 0 Å². The number of alkyl halides is 3. The van der Waals surface area contributed by atoms with Gasteiger partial charge < -0.3 is 10.6 Å². The number of nitrogens with one attached hydrogen (secondary N) is 2. The average molecular weight is 435 g/mol. The molecule has 1 aromatic heterocycles. The lowest BCUT2D eigenvalue weighted by atomic mass is 10.1. The molecule has 1 unspecified atom stereocenters. The van der Waals surface area contributed by atoms with Crippen molar-refractivity contribution in [3.8, 4) is 10.6 Å². The van der Waals surface area contributed by atoms with E-state index in [0.717, 1.165) is 11.1 Å². The highest BCUT2D eigenvalue weighted by Gasteiger charge is 2.43. The Morgan fingerprint density at radius 2 is 2.00 bits per heavy atom. The van der Waals surface area contributed by atoms with Gasteiger partial charge in [0.2, 0.25) is 0 Å². The fourth-order valence-electron chi connectivity index (χ4n) is 3.04. The van der Waals surface area contributed by atoms with Gasteiger partial charge in [-0.25, -0.2) is 4.98 Å². The van der Waals surface area contributed by atoms with Gasteiger partial charge in [0.25, 0.3) is 5.91 Å². The van der Waals surface area contributed by atoms with Crippen LogP contribution in [0.15, 0.2) is 29.6 Å². The van der Waals surface area contributed by atoms with Crippen molar-refractivity contribution >= 4 is 29.7 Å². The molecule has 0 bridgehead atoms. The number of aryl methyl sites for hydroxylation is 1. The summed E-state index contributed by atoms with van der Waals surface area (Å²) in [5.74, 6) is -0.588. The van der Waals surface area contributed by atoms with Gasteiger partial charge in [0, 0.05) is 43.7 Å². The molecule has 1 atom stereocenters. The second kappa shape index (κ2) is 9.69. The van der Waals surface area contributed by atoms with E-state index >= 15 is 0 Å². The zero-order valence-corrected chi connectivity index (χ0v) is 16.9. The predicted molar refractivity (Wildman–Crippen MR) is 106 cm³/mol. The summed E-state index contributed by atoms with van der Waals surface area (Å²) in [6, 6.07) is 5.94. The first-order valence-electron chi connectivity index (χ1n) is 8.67. The van der Waals surface area contributed by atoms with Gasteiger partial charge in [-0.2, -0.15) is 13.2 Å². The molecule has 0 aliphatic carbocycles. The van der Waals surface area contributed by atoms with Gasteiger partial charge in [0.05, 0.1) is 0 Å². The third kappa shape index (κ3) is 5.44. The molecule has 28 heavy (non-hydrogen) atoms. The highest BCUT2D eigenvalue weighted by atomic mass is 35.5. The Morgan fingerprint density at radius 1 is 1.32 bits per heavy atom. The maximum absolute atomic E-state index is 13.4. The van der Waals surface area contributed by atoms with Gasteiger partial charge in [-0.1, -0.05) is 24.3 Å². The Labute approximate surface area is 171 Å². The highest BCUT2D eigenvalue weighted by Crippen LogP contribution is 2.27. The lowest BCUT2D eigenvalue weighted by Crippen LogP contribution is -2.57. The molecule has 1 amide bonds. The number of carbonyl (C=O) groups excluding carboxylic acids is 1. The van der Waals surface area contributed by atoms with E-state index in [9.17, 15) is 18.0 Å². The van der Waals surface area contributed by atoms with Crippen LogP contribution in [0.5, 0.6) is 0 Å². The molecule has 2 aromatic rings. The highest BCUT2D eigenvalue weighted by molar-refractivity contribution is 7.13. The van der Waals surface area contributed by atoms with Gasteiger partial charge in [0.15, 0.2) is 0 Å². The lowest BCUT2D eigenvalue weighted by molar-refractivity contribution is -0.183. The summed E-state index contributed by atoms with van der Waals surface area (Å²) in [6.07, 6.45) is -4.40. The summed E-state index contributed by atoms with van der Waals surface area (Å²) in [7, 11) is 0. The minimum Gasteiger partial charge on any atom is -0.349 e. The van der Waals surface area contributed by atoms with Crippen LogP contribution in [-0.4, -0.2) is 60.7 Å². The summed E-state index contributed by atoms with van der Waals surface area (Å²) in [5.41, 5.74) is 2.07. The summed E-state index contributed by atoms with van der Waals surface area (Å²) in [5, 5.41) is 7.68. The number of thiazole rings is 1. The zero-order valence-electron chi connectivity index (χ0n) is 15.3. The largest absolute Gasteiger partial charge is 0.405 e. The van der Waals surface area contributed by atoms with Crippen LogP contribution in [0, 0.1) is 6.92 Å². The van der Waals surface area contributed by atoms with Gasteiger partial charge in [0.1, 0.15) is 16.7 Å². The SMILES string of the molecule is Cc1ccccc1-c1nc(C(=O)NCC(N2CCNCC2)C(F)(F)F)cs1.Cl. The van der Waals surface area contributed by atoms with E-state index in [1.54, 1.807) is 5.38 Å². The molecule has 2 heterocycles. The molecule has 1 aliphatic heterocycles. The number of amides is 1. The van der Waals surface area contributed by atoms with Crippen molar-refractivity contribution in [2.24, 2.45) is 0 Å². The smallest absolute Gasteiger partial charge is 0.349 e. The Bertz CT molecular complexity index is 793. The minimum atomic E-state index is -4.40. The van der Waals surface area contributed by atoms with Crippen LogP contribution in [0.25, 0.3) is 10.6 Å². The summed E-state index contributed by atoms with van der Waals surface area (Å²) >= 11 is 1.30. The molecule has 0 saturated carbocycles. The molecular formula is C18H22ClF3N4OS. The molecule has 1 aliphatic rings. The Hall–Kier alpha value is -1.68. The topological polar surface area (TPSA) is 57.3 Å². The van der Waals surface area contributed by atoms with E-state index in [1.165, 1.54) is 16.2 Å². The second-order valence-corrected chi connectivity index (χ2v) is 7.26. The van der Waals surface area contributed by atoms with Crippen LogP contribution in [0.1, 0.15) is 16.1 Å². The normalized spacial score (nSPS) is 16.3. The van der Waals surface area contributed by atoms with Crippen molar-refractivity contribution in [3.63, 3.8) is 0 Å². The molecule has 3 rings (SSSR count). The number of nitrogens with zero attached hydrogens (tertiary/aromatic N) is 2. The van der Waals surface area contributed by atoms with Crippen molar-refractivity contribution < 1.29 is 18.0 Å². The fourth-order valence-corrected chi connectivity index (χ4v) is 3.93. The third-order valence-corrected chi connectivity index (χ3v) is 5.41. The maximum atomic E-state index is 13.4. The molecule has 5 nitrogen and oxygen atoms in total. The van der Waals surface area contributed by atoms with Gasteiger partial charge in [-0.15, -0.1) is 23.7 Å². The van der Waals surface area contributed by atoms with Crippen LogP contribution in [-0.2, 0) is 0 Å². The molecule has 154 valence electrons. The van der Waals surface area contributed by atoms with Crippen molar-refractivity contribution in [2.45, 2.75) is 19.1 Å². The number of carbonyl (C=O) groups is 1. The van der Waals surface area contributed by atoms with E-state index < -0.39 is 24.7 Å². The van der Waals surface area contributed by atoms with Gasteiger partial charge in [-0.05, 0) is 12.5 Å². The molecule has 0 spiro atoms. The van der Waals surface area contributed by atoms with Crippen molar-refractivity contribution in [3.05, 3.63) is 40.9 Å². The standard InChI is InChI=1S/C18H21F3N4OS.ClH/c1-12-4-2-3-5-13(12)17-24-14(11-27-17)16(26)23-10-15(18(19,20)21)25-8-6-22-7-9-25;/h2-5,11,15,22H,6-10H2,1H3,(H,23,26);1H. The van der Waals surface area contributed by atoms with E-state index in [0.29, 0.717) is 31.2 Å². The van der Waals surface area contributed by atoms with E-state index in [-0.39, 0.29) is 18.1 Å². The van der Waals surface area contributed by atoms with Crippen molar-refractivity contribution in [1.82, 2.24) is 20.5 Å². The lowest BCUT2D eigenvalue weighted by Gasteiger charge is -2.35. The van der Waals surface area contributed by atoms with Gasteiger partial charge >= 0.3 is 6.18 Å². The quantitative estimate of drug-likeness (QED) is 0.759. The first kappa shape index (κ1) is 22.6. The molecule has 2 N–H and O–H groups in total. The van der Waals surface area contributed by atoms with Crippen LogP contribution < -0.4 is 10.6 Å². The second-order valence-electron chi connectivity index (χ2n) is 6.41. The summed E-state index contributed by atoms with van der Waals surface area (Å²) in [6.45, 7) is 3.07. The monoisotopic (exact) mass is 434 g/mol. The van der Waals surface area contributed by atoms with Crippen LogP contribution in [0.2, 0.25) is 0 Å². The van der Waals surface area contributed by atoms with E-state index in [2.05, 4.69) is 15.6 Å². The number of halogens is 4.